The monoisotopic (exact) mass is 237 g/mol. The standard InChI is InChI=1S/C10H9N2O.Zn/c13-12-8-4-2-6-10(12)9-5-1-3-7-11-9;/h1-8,13H;/q+1;. The first kappa shape index (κ1) is 10.8. The zero-order chi connectivity index (χ0) is 9.10. The second-order valence-electron chi connectivity index (χ2n) is 2.65. The average Bonchev–Trinajstić information content (AvgIpc) is 2.20. The molecule has 0 amide bonds. The second-order valence-corrected chi connectivity index (χ2v) is 2.65. The molecule has 14 heavy (non-hydrogen) atoms. The summed E-state index contributed by atoms with van der Waals surface area (Å²) in [5, 5.41) is 9.44. The van der Waals surface area contributed by atoms with E-state index in [0.29, 0.717) is 5.69 Å². The van der Waals surface area contributed by atoms with E-state index in [1.54, 1.807) is 18.5 Å². The molecule has 0 bridgehead atoms. The number of rotatable bonds is 1. The molecule has 0 fully saturated rings. The van der Waals surface area contributed by atoms with E-state index in [4.69, 9.17) is 0 Å². The van der Waals surface area contributed by atoms with Crippen molar-refractivity contribution in [1.82, 2.24) is 4.98 Å². The van der Waals surface area contributed by atoms with Crippen LogP contribution in [0.2, 0.25) is 0 Å². The average molecular weight is 239 g/mol. The van der Waals surface area contributed by atoms with Gasteiger partial charge in [-0.3, -0.25) is 5.21 Å². The number of hydrogen-bond donors (Lipinski definition) is 1. The van der Waals surface area contributed by atoms with Gasteiger partial charge in [-0.05, 0) is 18.2 Å². The third kappa shape index (κ3) is 2.15. The first-order valence-corrected chi connectivity index (χ1v) is 3.99. The van der Waals surface area contributed by atoms with Crippen molar-refractivity contribution in [2.24, 2.45) is 0 Å². The van der Waals surface area contributed by atoms with Gasteiger partial charge in [-0.2, -0.15) is 0 Å². The molecule has 0 spiro atoms. The fraction of sp³-hybridized carbons (Fsp3) is 0. The molecular formula is C10H9N2OZn+. The van der Waals surface area contributed by atoms with Gasteiger partial charge in [-0.25, -0.2) is 4.98 Å². The molecule has 0 aliphatic carbocycles. The van der Waals surface area contributed by atoms with Gasteiger partial charge >= 0.3 is 0 Å². The maximum absolute atomic E-state index is 9.44. The van der Waals surface area contributed by atoms with E-state index in [1.165, 1.54) is 0 Å². The number of nitrogens with zero attached hydrogens (tertiary/aromatic N) is 2. The smallest absolute Gasteiger partial charge is 0.282 e. The Balaban J connectivity index is 0.000000980. The largest absolute Gasteiger partial charge is 0.284 e. The van der Waals surface area contributed by atoms with E-state index in [0.717, 1.165) is 10.4 Å². The molecule has 2 aromatic rings. The number of aromatic nitrogens is 2. The molecule has 0 aromatic carbocycles. The molecule has 0 atom stereocenters. The molecular weight excluding hydrogens is 230 g/mol. The maximum Gasteiger partial charge on any atom is 0.282 e. The van der Waals surface area contributed by atoms with Gasteiger partial charge in [0.25, 0.3) is 5.69 Å². The summed E-state index contributed by atoms with van der Waals surface area (Å²) >= 11 is 0. The van der Waals surface area contributed by atoms with E-state index < -0.39 is 0 Å². The minimum Gasteiger partial charge on any atom is -0.284 e. The van der Waals surface area contributed by atoms with Crippen LogP contribution in [0.3, 0.4) is 0 Å². The van der Waals surface area contributed by atoms with Crippen molar-refractivity contribution in [3.63, 3.8) is 0 Å². The molecule has 4 heteroatoms. The van der Waals surface area contributed by atoms with Gasteiger partial charge in [-0.1, -0.05) is 6.07 Å². The molecule has 0 unspecified atom stereocenters. The molecule has 2 heterocycles. The Hall–Kier alpha value is -1.28. The van der Waals surface area contributed by atoms with Crippen LogP contribution in [0.5, 0.6) is 0 Å². The molecule has 3 nitrogen and oxygen atoms in total. The van der Waals surface area contributed by atoms with Crippen LogP contribution in [0, 0.1) is 0 Å². The van der Waals surface area contributed by atoms with Crippen LogP contribution >= 0.6 is 0 Å². The minimum absolute atomic E-state index is 0. The van der Waals surface area contributed by atoms with E-state index >= 15 is 0 Å². The number of pyridine rings is 2. The Kier molecular flexibility index (Phi) is 3.72. The zero-order valence-corrected chi connectivity index (χ0v) is 10.6. The van der Waals surface area contributed by atoms with Crippen LogP contribution in [-0.2, 0) is 19.5 Å². The summed E-state index contributed by atoms with van der Waals surface area (Å²) in [6.07, 6.45) is 3.27. The SMILES string of the molecule is O[n+]1ccccc1-c1ccccn1.[Zn]. The molecule has 0 aliphatic rings. The van der Waals surface area contributed by atoms with Gasteiger partial charge in [0.1, 0.15) is 5.69 Å². The predicted octanol–water partition coefficient (Wildman–Crippen LogP) is 1.27. The fourth-order valence-electron chi connectivity index (χ4n) is 1.15. The summed E-state index contributed by atoms with van der Waals surface area (Å²) in [5.41, 5.74) is 1.44. The topological polar surface area (TPSA) is 37.0 Å². The van der Waals surface area contributed by atoms with Crippen molar-refractivity contribution in [3.05, 3.63) is 48.8 Å². The van der Waals surface area contributed by atoms with Gasteiger partial charge in [0, 0.05) is 42.5 Å². The molecule has 0 aliphatic heterocycles. The van der Waals surface area contributed by atoms with Crippen LogP contribution in [0.25, 0.3) is 11.4 Å². The molecule has 2 rings (SSSR count). The van der Waals surface area contributed by atoms with Crippen LogP contribution in [0.4, 0.5) is 0 Å². The first-order chi connectivity index (χ1) is 6.38. The molecule has 0 saturated heterocycles. The second kappa shape index (κ2) is 4.82. The van der Waals surface area contributed by atoms with Gasteiger partial charge in [0.05, 0.1) is 0 Å². The van der Waals surface area contributed by atoms with Crippen LogP contribution < -0.4 is 4.73 Å². The molecule has 1 N–H and O–H groups in total. The van der Waals surface area contributed by atoms with Crippen molar-refractivity contribution < 1.29 is 29.4 Å². The van der Waals surface area contributed by atoms with Crippen molar-refractivity contribution in [1.29, 1.82) is 0 Å². The molecule has 0 radical (unpaired) electrons. The van der Waals surface area contributed by atoms with Crippen LogP contribution in [0.15, 0.2) is 48.8 Å². The van der Waals surface area contributed by atoms with Crippen molar-refractivity contribution in [2.75, 3.05) is 0 Å². The summed E-state index contributed by atoms with van der Waals surface area (Å²) in [7, 11) is 0. The summed E-state index contributed by atoms with van der Waals surface area (Å²) in [5.74, 6) is 0. The van der Waals surface area contributed by atoms with Crippen molar-refractivity contribution >= 4 is 0 Å². The van der Waals surface area contributed by atoms with Gasteiger partial charge < -0.3 is 0 Å². The maximum atomic E-state index is 9.44. The third-order valence-corrected chi connectivity index (χ3v) is 1.77. The van der Waals surface area contributed by atoms with E-state index in [2.05, 4.69) is 4.98 Å². The van der Waals surface area contributed by atoms with Crippen LogP contribution in [0.1, 0.15) is 0 Å². The molecule has 66 valence electrons. The minimum atomic E-state index is 0. The van der Waals surface area contributed by atoms with Crippen molar-refractivity contribution in [3.8, 4) is 11.4 Å². The number of hydrogen-bond acceptors (Lipinski definition) is 2. The summed E-state index contributed by atoms with van der Waals surface area (Å²) in [6.45, 7) is 0. The quantitative estimate of drug-likeness (QED) is 0.462. The van der Waals surface area contributed by atoms with Crippen LogP contribution in [-0.4, -0.2) is 10.2 Å². The summed E-state index contributed by atoms with van der Waals surface area (Å²) in [6, 6.07) is 11.0. The van der Waals surface area contributed by atoms with E-state index in [9.17, 15) is 5.21 Å². The Morgan fingerprint density at radius 3 is 2.50 bits per heavy atom. The Morgan fingerprint density at radius 1 is 1.07 bits per heavy atom. The Morgan fingerprint density at radius 2 is 1.86 bits per heavy atom. The Labute approximate surface area is 94.8 Å². The van der Waals surface area contributed by atoms with E-state index in [1.807, 2.05) is 30.3 Å². The normalized spacial score (nSPS) is 9.14. The molecule has 0 saturated carbocycles. The van der Waals surface area contributed by atoms with Crippen molar-refractivity contribution in [2.45, 2.75) is 0 Å². The van der Waals surface area contributed by atoms with E-state index in [-0.39, 0.29) is 19.5 Å². The van der Waals surface area contributed by atoms with Gasteiger partial charge in [0.15, 0.2) is 0 Å². The van der Waals surface area contributed by atoms with Gasteiger partial charge in [-0.15, -0.1) is 0 Å². The zero-order valence-electron chi connectivity index (χ0n) is 7.67. The molecule has 2 aromatic heterocycles. The summed E-state index contributed by atoms with van der Waals surface area (Å²) in [4.78, 5) is 4.13. The predicted molar refractivity (Wildman–Crippen MR) is 47.1 cm³/mol. The summed E-state index contributed by atoms with van der Waals surface area (Å²) < 4.78 is 1.06. The Bertz CT molecular complexity index is 406. The fourth-order valence-corrected chi connectivity index (χ4v) is 1.15. The first-order valence-electron chi connectivity index (χ1n) is 3.99. The van der Waals surface area contributed by atoms with Gasteiger partial charge in [0.2, 0.25) is 6.20 Å². The third-order valence-electron chi connectivity index (χ3n) is 1.77.